The smallest absolute Gasteiger partial charge is 0.230 e. The zero-order valence-corrected chi connectivity index (χ0v) is 17.0. The Morgan fingerprint density at radius 1 is 1.32 bits per heavy atom. The highest BCUT2D eigenvalue weighted by Crippen LogP contribution is 2.61. The van der Waals surface area contributed by atoms with Gasteiger partial charge in [-0.1, -0.05) is 11.8 Å². The fourth-order valence-corrected chi connectivity index (χ4v) is 6.89. The van der Waals surface area contributed by atoms with Crippen LogP contribution >= 0.6 is 11.8 Å². The van der Waals surface area contributed by atoms with Gasteiger partial charge in [-0.05, 0) is 80.8 Å². The number of amides is 1. The van der Waals surface area contributed by atoms with Crippen LogP contribution in [0.15, 0.2) is 28.0 Å². The Labute approximate surface area is 168 Å². The van der Waals surface area contributed by atoms with E-state index in [0.29, 0.717) is 22.2 Å². The van der Waals surface area contributed by atoms with Crippen molar-refractivity contribution in [1.82, 2.24) is 20.2 Å². The van der Waals surface area contributed by atoms with E-state index in [0.717, 1.165) is 17.8 Å². The van der Waals surface area contributed by atoms with E-state index in [-0.39, 0.29) is 17.7 Å². The summed E-state index contributed by atoms with van der Waals surface area (Å²) >= 11 is 1.30. The maximum atomic E-state index is 12.6. The predicted molar refractivity (Wildman–Crippen MR) is 107 cm³/mol. The minimum Gasteiger partial charge on any atom is -0.461 e. The van der Waals surface area contributed by atoms with Gasteiger partial charge in [0.25, 0.3) is 0 Å². The van der Waals surface area contributed by atoms with Gasteiger partial charge in [0.2, 0.25) is 16.9 Å². The van der Waals surface area contributed by atoms with E-state index in [9.17, 15) is 4.79 Å². The highest BCUT2D eigenvalue weighted by atomic mass is 32.2. The fourth-order valence-electron chi connectivity index (χ4n) is 6.22. The van der Waals surface area contributed by atoms with Crippen LogP contribution < -0.4 is 11.2 Å². The van der Waals surface area contributed by atoms with Crippen molar-refractivity contribution in [3.8, 4) is 11.6 Å². The van der Waals surface area contributed by atoms with Gasteiger partial charge in [-0.25, -0.2) is 4.68 Å². The number of carbonyl (C=O) groups excluding carboxylic acids is 1. The summed E-state index contributed by atoms with van der Waals surface area (Å²) < 4.78 is 6.69. The van der Waals surface area contributed by atoms with Crippen molar-refractivity contribution in [2.24, 2.45) is 23.2 Å². The maximum absolute atomic E-state index is 12.6. The van der Waals surface area contributed by atoms with Crippen molar-refractivity contribution in [3.05, 3.63) is 18.4 Å². The molecule has 150 valence electrons. The van der Waals surface area contributed by atoms with Crippen molar-refractivity contribution in [2.75, 3.05) is 11.6 Å². The van der Waals surface area contributed by atoms with Gasteiger partial charge in [-0.15, -0.1) is 10.2 Å². The Balaban J connectivity index is 1.19. The molecular weight excluding hydrogens is 374 g/mol. The lowest BCUT2D eigenvalue weighted by molar-refractivity contribution is -0.123. The number of furan rings is 1. The lowest BCUT2D eigenvalue weighted by Crippen LogP contribution is -2.56. The number of nitrogens with two attached hydrogens (primary N) is 1. The Morgan fingerprint density at radius 3 is 2.61 bits per heavy atom. The summed E-state index contributed by atoms with van der Waals surface area (Å²) in [4.78, 5) is 12.6. The fraction of sp³-hybridized carbons (Fsp3) is 0.650. The number of nitrogen functional groups attached to an aromatic ring is 1. The van der Waals surface area contributed by atoms with Crippen LogP contribution in [0.2, 0.25) is 0 Å². The molecule has 0 radical (unpaired) electrons. The Morgan fingerprint density at radius 2 is 2.00 bits per heavy atom. The van der Waals surface area contributed by atoms with Gasteiger partial charge in [0.15, 0.2) is 5.76 Å². The van der Waals surface area contributed by atoms with Gasteiger partial charge >= 0.3 is 0 Å². The molecule has 4 bridgehead atoms. The summed E-state index contributed by atoms with van der Waals surface area (Å²) in [5.41, 5.74) is 0.315. The molecule has 4 aliphatic rings. The number of nitrogens with one attached hydrogen (secondary N) is 1. The average Bonchev–Trinajstić information content (AvgIpc) is 3.28. The zero-order chi connectivity index (χ0) is 19.3. The Kier molecular flexibility index (Phi) is 4.41. The third kappa shape index (κ3) is 3.11. The number of rotatable bonds is 6. The molecule has 2 aromatic rings. The third-order valence-electron chi connectivity index (χ3n) is 7.12. The van der Waals surface area contributed by atoms with Gasteiger partial charge < -0.3 is 15.6 Å². The second kappa shape index (κ2) is 6.83. The highest BCUT2D eigenvalue weighted by molar-refractivity contribution is 7.99. The molecule has 3 N–H and O–H groups in total. The molecule has 0 aromatic carbocycles. The van der Waals surface area contributed by atoms with Crippen molar-refractivity contribution in [2.45, 2.75) is 56.6 Å². The Hall–Kier alpha value is -1.96. The van der Waals surface area contributed by atoms with Crippen molar-refractivity contribution >= 4 is 17.7 Å². The van der Waals surface area contributed by atoms with Gasteiger partial charge in [0, 0.05) is 6.04 Å². The number of carbonyl (C=O) groups is 1. The van der Waals surface area contributed by atoms with E-state index < -0.39 is 0 Å². The molecule has 4 fully saturated rings. The third-order valence-corrected chi connectivity index (χ3v) is 8.06. The van der Waals surface area contributed by atoms with E-state index >= 15 is 0 Å². The van der Waals surface area contributed by atoms with Crippen LogP contribution in [0, 0.1) is 23.2 Å². The molecule has 0 spiro atoms. The summed E-state index contributed by atoms with van der Waals surface area (Å²) in [6.45, 7) is 2.20. The van der Waals surface area contributed by atoms with Crippen LogP contribution in [0.3, 0.4) is 0 Å². The van der Waals surface area contributed by atoms with E-state index in [2.05, 4.69) is 22.4 Å². The van der Waals surface area contributed by atoms with E-state index in [1.165, 1.54) is 55.0 Å². The molecule has 28 heavy (non-hydrogen) atoms. The lowest BCUT2D eigenvalue weighted by atomic mass is 9.48. The molecule has 4 saturated carbocycles. The topological polar surface area (TPSA) is 99.0 Å². The summed E-state index contributed by atoms with van der Waals surface area (Å²) in [7, 11) is 0. The minimum absolute atomic E-state index is 0.0378. The van der Waals surface area contributed by atoms with Crippen LogP contribution in [0.1, 0.15) is 45.4 Å². The first kappa shape index (κ1) is 18.1. The summed E-state index contributed by atoms with van der Waals surface area (Å²) in [5, 5.41) is 11.9. The second-order valence-corrected chi connectivity index (χ2v) is 9.95. The van der Waals surface area contributed by atoms with Crippen molar-refractivity contribution < 1.29 is 9.21 Å². The summed E-state index contributed by atoms with van der Waals surface area (Å²) in [5.74, 6) is 10.0. The van der Waals surface area contributed by atoms with Gasteiger partial charge in [-0.3, -0.25) is 4.79 Å². The first-order valence-corrected chi connectivity index (χ1v) is 11.2. The van der Waals surface area contributed by atoms with E-state index in [1.807, 2.05) is 0 Å². The van der Waals surface area contributed by atoms with Crippen LogP contribution in [-0.4, -0.2) is 32.6 Å². The zero-order valence-electron chi connectivity index (χ0n) is 16.1. The number of hydrogen-bond acceptors (Lipinski definition) is 6. The number of hydrogen-bond donors (Lipinski definition) is 2. The normalized spacial score (nSPS) is 31.8. The molecule has 2 aromatic heterocycles. The molecule has 0 aliphatic heterocycles. The van der Waals surface area contributed by atoms with E-state index in [4.69, 9.17) is 10.3 Å². The molecular formula is C20H27N5O2S. The standard InChI is InChI=1S/C20H27N5O2S/c1-12(20-8-13-5-14(9-20)7-15(6-13)10-20)22-17(26)11-28-19-24-23-18(25(19)21)16-3-2-4-27-16/h2-4,12-15H,5-11,21H2,1H3,(H,22,26). The van der Waals surface area contributed by atoms with Crippen LogP contribution in [0.25, 0.3) is 11.6 Å². The molecule has 6 rings (SSSR count). The maximum Gasteiger partial charge on any atom is 0.230 e. The number of thioether (sulfide) groups is 1. The molecule has 2 heterocycles. The predicted octanol–water partition coefficient (Wildman–Crippen LogP) is 3.07. The van der Waals surface area contributed by atoms with Crippen LogP contribution in [-0.2, 0) is 4.79 Å². The quantitative estimate of drug-likeness (QED) is 0.570. The number of nitrogens with zero attached hydrogens (tertiary/aromatic N) is 3. The van der Waals surface area contributed by atoms with E-state index in [1.54, 1.807) is 18.4 Å². The monoisotopic (exact) mass is 401 g/mol. The first-order valence-electron chi connectivity index (χ1n) is 10.2. The molecule has 7 nitrogen and oxygen atoms in total. The second-order valence-electron chi connectivity index (χ2n) is 9.01. The number of aromatic nitrogens is 3. The van der Waals surface area contributed by atoms with Gasteiger partial charge in [-0.2, -0.15) is 0 Å². The Bertz CT molecular complexity index is 827. The molecule has 1 amide bonds. The average molecular weight is 402 g/mol. The molecule has 1 atom stereocenters. The van der Waals surface area contributed by atoms with Crippen LogP contribution in [0.4, 0.5) is 0 Å². The molecule has 1 unspecified atom stereocenters. The molecule has 4 aliphatic carbocycles. The SMILES string of the molecule is CC(NC(=O)CSc1nnc(-c2ccco2)n1N)C12CC3CC(CC(C3)C1)C2. The largest absolute Gasteiger partial charge is 0.461 e. The molecule has 0 saturated heterocycles. The van der Waals surface area contributed by atoms with Crippen molar-refractivity contribution in [1.29, 1.82) is 0 Å². The van der Waals surface area contributed by atoms with Crippen molar-refractivity contribution in [3.63, 3.8) is 0 Å². The van der Waals surface area contributed by atoms with Gasteiger partial charge in [0.1, 0.15) is 0 Å². The van der Waals surface area contributed by atoms with Gasteiger partial charge in [0.05, 0.1) is 12.0 Å². The summed E-state index contributed by atoms with van der Waals surface area (Å²) in [6, 6.07) is 3.78. The van der Waals surface area contributed by atoms with Crippen LogP contribution in [0.5, 0.6) is 0 Å². The highest BCUT2D eigenvalue weighted by Gasteiger charge is 2.53. The minimum atomic E-state index is 0.0378. The summed E-state index contributed by atoms with van der Waals surface area (Å²) in [6.07, 6.45) is 9.68. The first-order chi connectivity index (χ1) is 13.5. The molecule has 8 heteroatoms. The lowest BCUT2D eigenvalue weighted by Gasteiger charge is -2.59.